The van der Waals surface area contributed by atoms with E-state index in [4.69, 9.17) is 4.74 Å². The van der Waals surface area contributed by atoms with Gasteiger partial charge in [0.05, 0.1) is 19.8 Å². The first-order chi connectivity index (χ1) is 14.8. The Balaban J connectivity index is 1.51. The van der Waals surface area contributed by atoms with E-state index in [9.17, 15) is 18.8 Å². The summed E-state index contributed by atoms with van der Waals surface area (Å²) in [5.41, 5.74) is -0.0195. The molecule has 0 aliphatic carbocycles. The van der Waals surface area contributed by atoms with Crippen LogP contribution in [0.15, 0.2) is 30.3 Å². The molecule has 1 N–H and O–H groups in total. The number of amides is 3. The summed E-state index contributed by atoms with van der Waals surface area (Å²) in [5.74, 6) is -1.37. The molecule has 3 heterocycles. The quantitative estimate of drug-likeness (QED) is 0.770. The van der Waals surface area contributed by atoms with Gasteiger partial charge in [0.25, 0.3) is 11.8 Å². The van der Waals surface area contributed by atoms with E-state index < -0.39 is 5.54 Å². The molecule has 0 unspecified atom stereocenters. The minimum Gasteiger partial charge on any atom is -0.378 e. The van der Waals surface area contributed by atoms with Crippen molar-refractivity contribution in [1.82, 2.24) is 24.9 Å². The number of hydrogen-bond donors (Lipinski definition) is 1. The van der Waals surface area contributed by atoms with Crippen molar-refractivity contribution < 1.29 is 23.5 Å². The molecule has 3 amide bonds. The third-order valence-corrected chi connectivity index (χ3v) is 5.87. The van der Waals surface area contributed by atoms with Gasteiger partial charge in [0.2, 0.25) is 5.91 Å². The third-order valence-electron chi connectivity index (χ3n) is 5.87. The van der Waals surface area contributed by atoms with Crippen molar-refractivity contribution in [3.05, 3.63) is 53.1 Å². The number of carbonyl (C=O) groups is 3. The molecule has 0 bridgehead atoms. The first-order valence-electron chi connectivity index (χ1n) is 10.1. The predicted octanol–water partition coefficient (Wildman–Crippen LogP) is 0.655. The maximum Gasteiger partial charge on any atom is 0.274 e. The molecule has 1 aromatic carbocycles. The van der Waals surface area contributed by atoms with Gasteiger partial charge in [-0.05, 0) is 24.6 Å². The second-order valence-electron chi connectivity index (χ2n) is 7.92. The normalized spacial score (nSPS) is 21.1. The first-order valence-corrected chi connectivity index (χ1v) is 10.1. The minimum absolute atomic E-state index is 0.107. The van der Waals surface area contributed by atoms with E-state index in [1.807, 2.05) is 0 Å². The summed E-state index contributed by atoms with van der Waals surface area (Å²) in [7, 11) is 1.56. The van der Waals surface area contributed by atoms with Crippen LogP contribution in [0.25, 0.3) is 0 Å². The number of morpholine rings is 1. The molecule has 1 saturated heterocycles. The molecule has 2 aliphatic rings. The zero-order valence-corrected chi connectivity index (χ0v) is 17.4. The highest BCUT2D eigenvalue weighted by Crippen LogP contribution is 2.26. The Morgan fingerprint density at radius 3 is 2.58 bits per heavy atom. The number of hydrogen-bond acceptors (Lipinski definition) is 5. The highest BCUT2D eigenvalue weighted by molar-refractivity contribution is 6.01. The van der Waals surface area contributed by atoms with Gasteiger partial charge in [-0.1, -0.05) is 12.1 Å². The Morgan fingerprint density at radius 2 is 1.90 bits per heavy atom. The van der Waals surface area contributed by atoms with E-state index in [-0.39, 0.29) is 48.0 Å². The number of ether oxygens (including phenoxy) is 1. The van der Waals surface area contributed by atoms with E-state index in [1.165, 1.54) is 27.8 Å². The summed E-state index contributed by atoms with van der Waals surface area (Å²) in [6, 6.07) is 7.29. The van der Waals surface area contributed by atoms with Gasteiger partial charge in [-0.3, -0.25) is 19.1 Å². The Labute approximate surface area is 178 Å². The molecule has 4 rings (SSSR count). The molecular weight excluding hydrogens is 405 g/mol. The van der Waals surface area contributed by atoms with Gasteiger partial charge in [-0.15, -0.1) is 0 Å². The monoisotopic (exact) mass is 429 g/mol. The van der Waals surface area contributed by atoms with Crippen molar-refractivity contribution in [2.24, 2.45) is 0 Å². The molecule has 164 valence electrons. The summed E-state index contributed by atoms with van der Waals surface area (Å²) in [5, 5.41) is 7.14. The second-order valence-corrected chi connectivity index (χ2v) is 7.92. The molecule has 1 fully saturated rings. The Bertz CT molecular complexity index is 1020. The van der Waals surface area contributed by atoms with E-state index >= 15 is 0 Å². The molecular formula is C21H24FN5O4. The fourth-order valence-electron chi connectivity index (χ4n) is 3.74. The number of halogens is 1. The number of aromatic nitrogens is 2. The lowest BCUT2D eigenvalue weighted by atomic mass is 9.96. The van der Waals surface area contributed by atoms with Crippen LogP contribution in [0, 0.1) is 5.82 Å². The number of rotatable bonds is 4. The number of nitrogens with one attached hydrogen (secondary N) is 1. The summed E-state index contributed by atoms with van der Waals surface area (Å²) in [4.78, 5) is 41.7. The van der Waals surface area contributed by atoms with E-state index in [1.54, 1.807) is 31.0 Å². The maximum atomic E-state index is 13.1. The minimum atomic E-state index is -1.20. The topological polar surface area (TPSA) is 96.8 Å². The molecule has 10 heteroatoms. The van der Waals surface area contributed by atoms with Crippen molar-refractivity contribution in [1.29, 1.82) is 0 Å². The van der Waals surface area contributed by atoms with Crippen LogP contribution in [0.1, 0.15) is 33.5 Å². The first kappa shape index (κ1) is 21.0. The SMILES string of the molecule is CN1C(=O)c2cc(C(=O)N3CCOCC3)nn2C[C@]1(C)C(=O)NCc1ccc(F)cc1. The van der Waals surface area contributed by atoms with Gasteiger partial charge in [-0.2, -0.15) is 5.10 Å². The van der Waals surface area contributed by atoms with Crippen LogP contribution in [-0.2, 0) is 22.6 Å². The highest BCUT2D eigenvalue weighted by Gasteiger charge is 2.46. The summed E-state index contributed by atoms with van der Waals surface area (Å²) < 4.78 is 19.8. The molecule has 0 radical (unpaired) electrons. The highest BCUT2D eigenvalue weighted by atomic mass is 19.1. The molecule has 2 aromatic rings. The Morgan fingerprint density at radius 1 is 1.23 bits per heavy atom. The van der Waals surface area contributed by atoms with Crippen molar-refractivity contribution in [2.75, 3.05) is 33.4 Å². The fourth-order valence-corrected chi connectivity index (χ4v) is 3.74. The van der Waals surface area contributed by atoms with Crippen molar-refractivity contribution >= 4 is 17.7 Å². The smallest absolute Gasteiger partial charge is 0.274 e. The summed E-state index contributed by atoms with van der Waals surface area (Å²) in [6.45, 7) is 3.83. The lowest BCUT2D eigenvalue weighted by Gasteiger charge is -2.40. The largest absolute Gasteiger partial charge is 0.378 e. The van der Waals surface area contributed by atoms with Crippen LogP contribution in [-0.4, -0.2) is 76.2 Å². The van der Waals surface area contributed by atoms with Crippen LogP contribution in [0.2, 0.25) is 0 Å². The number of benzene rings is 1. The van der Waals surface area contributed by atoms with Crippen LogP contribution < -0.4 is 5.32 Å². The van der Waals surface area contributed by atoms with E-state index in [0.29, 0.717) is 26.3 Å². The predicted molar refractivity (Wildman–Crippen MR) is 108 cm³/mol. The van der Waals surface area contributed by atoms with Crippen LogP contribution in [0.4, 0.5) is 4.39 Å². The number of carbonyl (C=O) groups excluding carboxylic acids is 3. The Hall–Kier alpha value is -3.27. The lowest BCUT2D eigenvalue weighted by molar-refractivity contribution is -0.132. The molecule has 9 nitrogen and oxygen atoms in total. The molecule has 31 heavy (non-hydrogen) atoms. The van der Waals surface area contributed by atoms with Crippen molar-refractivity contribution in [3.63, 3.8) is 0 Å². The maximum absolute atomic E-state index is 13.1. The number of fused-ring (bicyclic) bond motifs is 1. The van der Waals surface area contributed by atoms with Gasteiger partial charge in [0.15, 0.2) is 5.69 Å². The molecule has 2 aliphatic heterocycles. The molecule has 1 atom stereocenters. The van der Waals surface area contributed by atoms with Crippen molar-refractivity contribution in [2.45, 2.75) is 25.6 Å². The second kappa shape index (κ2) is 8.10. The van der Waals surface area contributed by atoms with Gasteiger partial charge in [-0.25, -0.2) is 4.39 Å². The van der Waals surface area contributed by atoms with Crippen LogP contribution in [0.3, 0.4) is 0 Å². The molecule has 0 saturated carbocycles. The standard InChI is InChI=1S/C21H24FN5O4/c1-21(20(30)23-12-14-3-5-15(22)6-4-14)13-27-17(19(29)25(21)2)11-16(24-27)18(28)26-7-9-31-10-8-26/h3-6,11H,7-10,12-13H2,1-2H3,(H,23,30)/t21-/m1/s1. The average Bonchev–Trinajstić information content (AvgIpc) is 3.20. The number of likely N-dealkylation sites (N-methyl/N-ethyl adjacent to an activating group) is 1. The van der Waals surface area contributed by atoms with Crippen LogP contribution >= 0.6 is 0 Å². The summed E-state index contributed by atoms with van der Waals surface area (Å²) in [6.07, 6.45) is 0. The van der Waals surface area contributed by atoms with Gasteiger partial charge in [0.1, 0.15) is 17.1 Å². The zero-order valence-electron chi connectivity index (χ0n) is 17.4. The zero-order chi connectivity index (χ0) is 22.2. The van der Waals surface area contributed by atoms with E-state index in [2.05, 4.69) is 10.4 Å². The molecule has 1 aromatic heterocycles. The van der Waals surface area contributed by atoms with Crippen LogP contribution in [0.5, 0.6) is 0 Å². The Kier molecular flexibility index (Phi) is 5.48. The van der Waals surface area contributed by atoms with Gasteiger partial charge >= 0.3 is 0 Å². The lowest BCUT2D eigenvalue weighted by Crippen LogP contribution is -2.62. The fraction of sp³-hybridized carbons (Fsp3) is 0.429. The van der Waals surface area contributed by atoms with Gasteiger partial charge in [0, 0.05) is 32.7 Å². The molecule has 0 spiro atoms. The van der Waals surface area contributed by atoms with Crippen molar-refractivity contribution in [3.8, 4) is 0 Å². The average molecular weight is 429 g/mol. The van der Waals surface area contributed by atoms with E-state index in [0.717, 1.165) is 5.56 Å². The number of nitrogens with zero attached hydrogens (tertiary/aromatic N) is 4. The third kappa shape index (κ3) is 3.90. The van der Waals surface area contributed by atoms with Gasteiger partial charge < -0.3 is 19.9 Å². The summed E-state index contributed by atoms with van der Waals surface area (Å²) >= 11 is 0.